The van der Waals surface area contributed by atoms with Gasteiger partial charge in [0.15, 0.2) is 0 Å². The zero-order chi connectivity index (χ0) is 22.5. The van der Waals surface area contributed by atoms with Crippen molar-refractivity contribution in [2.24, 2.45) is 0 Å². The second kappa shape index (κ2) is 9.70. The average Bonchev–Trinajstić information content (AvgIpc) is 2.77. The summed E-state index contributed by atoms with van der Waals surface area (Å²) in [6.45, 7) is 8.55. The van der Waals surface area contributed by atoms with Gasteiger partial charge in [-0.3, -0.25) is 19.4 Å². The third kappa shape index (κ3) is 5.08. The van der Waals surface area contributed by atoms with Gasteiger partial charge < -0.3 is 15.1 Å². The van der Waals surface area contributed by atoms with Gasteiger partial charge in [-0.05, 0) is 42.8 Å². The molecule has 1 fully saturated rings. The molecule has 0 aliphatic carbocycles. The minimum atomic E-state index is -0.376. The van der Waals surface area contributed by atoms with Crippen molar-refractivity contribution in [1.82, 2.24) is 25.1 Å². The third-order valence-electron chi connectivity index (χ3n) is 5.10. The van der Waals surface area contributed by atoms with Crippen LogP contribution < -0.4 is 5.32 Å². The first-order chi connectivity index (χ1) is 14.8. The Hall–Kier alpha value is -3.26. The molecule has 2 aromatic heterocycles. The van der Waals surface area contributed by atoms with E-state index < -0.39 is 0 Å². The van der Waals surface area contributed by atoms with Gasteiger partial charge in [-0.1, -0.05) is 18.2 Å². The smallest absolute Gasteiger partial charge is 0.269 e. The molecular weight excluding hydrogens is 418 g/mol. The van der Waals surface area contributed by atoms with Crippen LogP contribution in [0.5, 0.6) is 0 Å². The highest BCUT2D eigenvalue weighted by Gasteiger charge is 2.32. The summed E-state index contributed by atoms with van der Waals surface area (Å²) < 4.78 is 0. The van der Waals surface area contributed by atoms with E-state index in [0.29, 0.717) is 37.4 Å². The van der Waals surface area contributed by atoms with Crippen molar-refractivity contribution >= 4 is 29.3 Å². The molecular formula is C22H24ClN5O3. The van der Waals surface area contributed by atoms with Crippen LogP contribution in [0, 0.1) is 0 Å². The molecule has 3 heterocycles. The van der Waals surface area contributed by atoms with Crippen molar-refractivity contribution in [3.05, 3.63) is 59.5 Å². The molecule has 1 aliphatic heterocycles. The minimum absolute atomic E-state index is 0.0902. The summed E-state index contributed by atoms with van der Waals surface area (Å²) in [4.78, 5) is 48.4. The molecule has 162 valence electrons. The molecule has 31 heavy (non-hydrogen) atoms. The van der Waals surface area contributed by atoms with Crippen LogP contribution in [0.25, 0.3) is 11.3 Å². The molecule has 0 saturated carbocycles. The maximum Gasteiger partial charge on any atom is 0.269 e. The first kappa shape index (κ1) is 22.4. The lowest BCUT2D eigenvalue weighted by Crippen LogP contribution is -2.51. The van der Waals surface area contributed by atoms with Crippen molar-refractivity contribution in [3.8, 4) is 11.3 Å². The van der Waals surface area contributed by atoms with E-state index in [9.17, 15) is 14.4 Å². The molecule has 0 radical (unpaired) electrons. The van der Waals surface area contributed by atoms with Crippen molar-refractivity contribution in [2.45, 2.75) is 19.9 Å². The van der Waals surface area contributed by atoms with Crippen LogP contribution in [-0.4, -0.2) is 63.7 Å². The molecule has 9 heteroatoms. The van der Waals surface area contributed by atoms with E-state index in [1.165, 1.54) is 19.2 Å². The fourth-order valence-electron chi connectivity index (χ4n) is 3.60. The van der Waals surface area contributed by atoms with Gasteiger partial charge in [0.2, 0.25) is 11.8 Å². The summed E-state index contributed by atoms with van der Waals surface area (Å²) in [6.07, 6.45) is 2.81. The maximum absolute atomic E-state index is 12.3. The van der Waals surface area contributed by atoms with Gasteiger partial charge in [0.1, 0.15) is 10.8 Å². The standard InChI is InChI=1S/C22H24ClN5O3/c1-4-21(30)27-8-9-28(14(3)29)19(13-27)16-11-17(26-20(23)12-16)15-6-7-25-18(10-15)22(31)24-5-2/h4,6-7,10-12,19H,1,5,8-9,13H2,2-3H3,(H,24,31)/t19-/m0/s1. The fourth-order valence-corrected chi connectivity index (χ4v) is 3.81. The number of nitrogens with one attached hydrogen (secondary N) is 1. The Labute approximate surface area is 185 Å². The van der Waals surface area contributed by atoms with Crippen molar-refractivity contribution in [2.75, 3.05) is 26.2 Å². The predicted octanol–water partition coefficient (Wildman–Crippen LogP) is 2.46. The minimum Gasteiger partial charge on any atom is -0.351 e. The number of rotatable bonds is 5. The molecule has 1 aliphatic rings. The van der Waals surface area contributed by atoms with E-state index in [-0.39, 0.29) is 34.6 Å². The molecule has 1 atom stereocenters. The Balaban J connectivity index is 2.00. The summed E-state index contributed by atoms with van der Waals surface area (Å²) in [5.74, 6) is -0.554. The summed E-state index contributed by atoms with van der Waals surface area (Å²) in [5, 5.41) is 2.97. The average molecular weight is 442 g/mol. The molecule has 0 aromatic carbocycles. The summed E-state index contributed by atoms with van der Waals surface area (Å²) in [5.41, 5.74) is 2.24. The van der Waals surface area contributed by atoms with Crippen LogP contribution >= 0.6 is 11.6 Å². The SMILES string of the molecule is C=CC(=O)N1CCN(C(C)=O)[C@H](c2cc(Cl)nc(-c3ccnc(C(=O)NCC)c3)c2)C1. The van der Waals surface area contributed by atoms with Crippen molar-refractivity contribution in [3.63, 3.8) is 0 Å². The Morgan fingerprint density at radius 1 is 1.29 bits per heavy atom. The van der Waals surface area contributed by atoms with Gasteiger partial charge in [0.25, 0.3) is 5.91 Å². The largest absolute Gasteiger partial charge is 0.351 e. The number of hydrogen-bond donors (Lipinski definition) is 1. The number of pyridine rings is 2. The molecule has 3 amide bonds. The quantitative estimate of drug-likeness (QED) is 0.568. The van der Waals surface area contributed by atoms with Crippen LogP contribution in [-0.2, 0) is 9.59 Å². The summed E-state index contributed by atoms with van der Waals surface area (Å²) in [6, 6.07) is 6.52. The van der Waals surface area contributed by atoms with E-state index >= 15 is 0 Å². The highest BCUT2D eigenvalue weighted by molar-refractivity contribution is 6.29. The number of halogens is 1. The van der Waals surface area contributed by atoms with Crippen LogP contribution in [0.15, 0.2) is 43.1 Å². The van der Waals surface area contributed by atoms with Crippen LogP contribution in [0.4, 0.5) is 0 Å². The molecule has 3 rings (SSSR count). The van der Waals surface area contributed by atoms with Gasteiger partial charge in [-0.25, -0.2) is 4.98 Å². The molecule has 2 aromatic rings. The Morgan fingerprint density at radius 2 is 2.06 bits per heavy atom. The van der Waals surface area contributed by atoms with E-state index in [4.69, 9.17) is 11.6 Å². The Morgan fingerprint density at radius 3 is 2.74 bits per heavy atom. The molecule has 0 bridgehead atoms. The Kier molecular flexibility index (Phi) is 7.02. The number of nitrogens with zero attached hydrogens (tertiary/aromatic N) is 4. The van der Waals surface area contributed by atoms with Crippen LogP contribution in [0.3, 0.4) is 0 Å². The van der Waals surface area contributed by atoms with Gasteiger partial charge in [-0.2, -0.15) is 0 Å². The van der Waals surface area contributed by atoms with E-state index in [0.717, 1.165) is 5.56 Å². The predicted molar refractivity (Wildman–Crippen MR) is 117 cm³/mol. The van der Waals surface area contributed by atoms with E-state index in [1.807, 2.05) is 13.0 Å². The number of aromatic nitrogens is 2. The van der Waals surface area contributed by atoms with E-state index in [1.54, 1.807) is 28.0 Å². The molecule has 1 N–H and O–H groups in total. The molecule has 0 unspecified atom stereocenters. The van der Waals surface area contributed by atoms with Crippen molar-refractivity contribution in [1.29, 1.82) is 0 Å². The zero-order valence-electron chi connectivity index (χ0n) is 17.5. The van der Waals surface area contributed by atoms with Crippen LogP contribution in [0.1, 0.15) is 35.9 Å². The summed E-state index contributed by atoms with van der Waals surface area (Å²) in [7, 11) is 0. The molecule has 0 spiro atoms. The van der Waals surface area contributed by atoms with Gasteiger partial charge >= 0.3 is 0 Å². The maximum atomic E-state index is 12.3. The zero-order valence-corrected chi connectivity index (χ0v) is 18.2. The molecule has 8 nitrogen and oxygen atoms in total. The second-order valence-electron chi connectivity index (χ2n) is 7.11. The van der Waals surface area contributed by atoms with Gasteiger partial charge in [0.05, 0.1) is 11.7 Å². The van der Waals surface area contributed by atoms with Gasteiger partial charge in [0, 0.05) is 44.9 Å². The first-order valence-electron chi connectivity index (χ1n) is 9.94. The normalized spacial score (nSPS) is 16.0. The topological polar surface area (TPSA) is 95.5 Å². The number of carbonyl (C=O) groups is 3. The summed E-state index contributed by atoms with van der Waals surface area (Å²) >= 11 is 6.32. The van der Waals surface area contributed by atoms with E-state index in [2.05, 4.69) is 21.9 Å². The Bertz CT molecular complexity index is 1030. The monoisotopic (exact) mass is 441 g/mol. The number of hydrogen-bond acceptors (Lipinski definition) is 5. The molecule has 1 saturated heterocycles. The third-order valence-corrected chi connectivity index (χ3v) is 5.29. The number of carbonyl (C=O) groups excluding carboxylic acids is 3. The highest BCUT2D eigenvalue weighted by Crippen LogP contribution is 2.30. The first-order valence-corrected chi connectivity index (χ1v) is 10.3. The van der Waals surface area contributed by atoms with Gasteiger partial charge in [-0.15, -0.1) is 0 Å². The van der Waals surface area contributed by atoms with Crippen LogP contribution in [0.2, 0.25) is 5.15 Å². The fraction of sp³-hybridized carbons (Fsp3) is 0.318. The number of piperazine rings is 1. The van der Waals surface area contributed by atoms with Crippen molar-refractivity contribution < 1.29 is 14.4 Å². The second-order valence-corrected chi connectivity index (χ2v) is 7.50. The lowest BCUT2D eigenvalue weighted by Gasteiger charge is -2.41. The number of amides is 3. The lowest BCUT2D eigenvalue weighted by atomic mass is 10.0. The highest BCUT2D eigenvalue weighted by atomic mass is 35.5. The lowest BCUT2D eigenvalue weighted by molar-refractivity contribution is -0.139.